The first-order valence-corrected chi connectivity index (χ1v) is 2.73. The molecule has 0 saturated carbocycles. The van der Waals surface area contributed by atoms with E-state index in [1.54, 1.807) is 0 Å². The van der Waals surface area contributed by atoms with Crippen LogP contribution in [0.25, 0.3) is 0 Å². The fourth-order valence-electron chi connectivity index (χ4n) is 0.407. The Hall–Kier alpha value is -0.970. The van der Waals surface area contributed by atoms with Gasteiger partial charge in [-0.2, -0.15) is 5.10 Å². The summed E-state index contributed by atoms with van der Waals surface area (Å²) in [4.78, 5) is 10.4. The van der Waals surface area contributed by atoms with Gasteiger partial charge in [-0.1, -0.05) is 12.8 Å². The average Bonchev–Trinajstić information content (AvgIpc) is 1.90. The largest absolute Gasteiger partial charge is 0.316 e. The fraction of sp³-hybridized carbons (Fsp3) is 0. The molecule has 0 unspecified atom stereocenters. The third kappa shape index (κ3) is 1.46. The number of nitrogens with one attached hydrogen (secondary N) is 2. The quantitative estimate of drug-likeness (QED) is 0.486. The Morgan fingerprint density at radius 2 is 2.44 bits per heavy atom. The highest BCUT2D eigenvalue weighted by atomic mass is 32.1. The fourth-order valence-corrected chi connectivity index (χ4v) is 0.531. The first-order valence-electron chi connectivity index (χ1n) is 2.29. The van der Waals surface area contributed by atoms with E-state index in [0.29, 0.717) is 5.82 Å². The van der Waals surface area contributed by atoms with Crippen LogP contribution in [-0.2, 0) is 0 Å². The molecule has 2 N–H and O–H groups in total. The Kier molecular flexibility index (Phi) is 1.74. The molecule has 0 aliphatic heterocycles. The highest BCUT2D eigenvalue weighted by Gasteiger charge is 1.85. The van der Waals surface area contributed by atoms with Crippen molar-refractivity contribution < 1.29 is 0 Å². The van der Waals surface area contributed by atoms with Gasteiger partial charge in [0.15, 0.2) is 5.82 Å². The number of hydrogen-bond donors (Lipinski definition) is 3. The molecule has 1 heterocycles. The van der Waals surface area contributed by atoms with E-state index in [1.807, 2.05) is 0 Å². The Morgan fingerprint density at radius 3 is 2.89 bits per heavy atom. The molecule has 48 valence electrons. The maximum absolute atomic E-state index is 10.4. The van der Waals surface area contributed by atoms with Crippen LogP contribution in [0.15, 0.2) is 16.9 Å². The van der Waals surface area contributed by atoms with Crippen LogP contribution < -0.4 is 10.3 Å². The van der Waals surface area contributed by atoms with E-state index in [0.717, 1.165) is 0 Å². The topological polar surface area (TPSA) is 57.8 Å². The molecule has 0 aliphatic rings. The number of nitrogens with zero attached hydrogens (tertiary/aromatic N) is 1. The lowest BCUT2D eigenvalue weighted by Gasteiger charge is -1.91. The zero-order valence-electron chi connectivity index (χ0n) is 4.46. The number of rotatable bonds is 1. The van der Waals surface area contributed by atoms with E-state index in [1.165, 1.54) is 12.1 Å². The van der Waals surface area contributed by atoms with Crippen LogP contribution in [0.3, 0.4) is 0 Å². The Labute approximate surface area is 56.8 Å². The average molecular weight is 143 g/mol. The first kappa shape index (κ1) is 6.15. The summed E-state index contributed by atoms with van der Waals surface area (Å²) in [5.74, 6) is 0.526. The highest BCUT2D eigenvalue weighted by Crippen LogP contribution is 1.94. The molecule has 4 nitrogen and oxygen atoms in total. The van der Waals surface area contributed by atoms with Gasteiger partial charge >= 0.3 is 0 Å². The summed E-state index contributed by atoms with van der Waals surface area (Å²) < 4.78 is 2.47. The summed E-state index contributed by atoms with van der Waals surface area (Å²) in [5, 5.41) is 5.81. The first-order chi connectivity index (χ1) is 4.33. The van der Waals surface area contributed by atoms with Gasteiger partial charge in [-0.05, 0) is 6.07 Å². The van der Waals surface area contributed by atoms with Crippen molar-refractivity contribution >= 4 is 18.6 Å². The number of anilines is 1. The normalized spacial score (nSPS) is 9.00. The monoisotopic (exact) mass is 143 g/mol. The lowest BCUT2D eigenvalue weighted by Crippen LogP contribution is -2.05. The zero-order chi connectivity index (χ0) is 6.69. The predicted octanol–water partition coefficient (Wildman–Crippen LogP) is 0.0266. The molecule has 0 fully saturated rings. The highest BCUT2D eigenvalue weighted by molar-refractivity contribution is 7.81. The third-order valence-electron chi connectivity index (χ3n) is 0.794. The van der Waals surface area contributed by atoms with E-state index in [9.17, 15) is 4.79 Å². The molecule has 0 amide bonds. The van der Waals surface area contributed by atoms with Crippen molar-refractivity contribution in [3.05, 3.63) is 22.5 Å². The zero-order valence-corrected chi connectivity index (χ0v) is 5.35. The molecule has 0 saturated heterocycles. The van der Waals surface area contributed by atoms with Gasteiger partial charge in [0.2, 0.25) is 0 Å². The number of hydrogen-bond acceptors (Lipinski definition) is 4. The standard InChI is InChI=1S/C4H5N3OS/c8-4-2-1-3(7-9)5-6-4/h1-2,9H,(H,5,7)(H,6,8). The summed E-state index contributed by atoms with van der Waals surface area (Å²) in [6.07, 6.45) is 0. The lowest BCUT2D eigenvalue weighted by atomic mass is 10.5. The van der Waals surface area contributed by atoms with Crippen LogP contribution in [-0.4, -0.2) is 10.2 Å². The molecule has 0 bridgehead atoms. The van der Waals surface area contributed by atoms with Gasteiger partial charge < -0.3 is 4.72 Å². The van der Waals surface area contributed by atoms with Crippen LogP contribution in [0.1, 0.15) is 0 Å². The second-order valence-corrected chi connectivity index (χ2v) is 1.64. The Balaban J connectivity index is 3.02. The van der Waals surface area contributed by atoms with Gasteiger partial charge in [-0.25, -0.2) is 5.10 Å². The summed E-state index contributed by atoms with van der Waals surface area (Å²) in [6.45, 7) is 0. The second-order valence-electron chi connectivity index (χ2n) is 1.42. The van der Waals surface area contributed by atoms with Gasteiger partial charge in [-0.3, -0.25) is 4.79 Å². The van der Waals surface area contributed by atoms with Gasteiger partial charge in [0, 0.05) is 6.07 Å². The molecule has 5 heteroatoms. The van der Waals surface area contributed by atoms with Crippen molar-refractivity contribution in [3.8, 4) is 0 Å². The minimum atomic E-state index is -0.220. The van der Waals surface area contributed by atoms with Gasteiger partial charge in [0.25, 0.3) is 5.56 Å². The lowest BCUT2D eigenvalue weighted by molar-refractivity contribution is 0.999. The maximum atomic E-state index is 10.4. The SMILES string of the molecule is O=c1ccc(NS)n[nH]1. The van der Waals surface area contributed by atoms with Crippen molar-refractivity contribution in [2.24, 2.45) is 0 Å². The number of H-pyrrole nitrogens is 1. The van der Waals surface area contributed by atoms with Gasteiger partial charge in [0.1, 0.15) is 0 Å². The molecule has 0 aliphatic carbocycles. The molecule has 0 aromatic carbocycles. The van der Waals surface area contributed by atoms with Crippen molar-refractivity contribution in [1.82, 2.24) is 10.2 Å². The maximum Gasteiger partial charge on any atom is 0.264 e. The third-order valence-corrected chi connectivity index (χ3v) is 1.02. The Bertz CT molecular complexity index is 225. The molecule has 1 aromatic rings. The van der Waals surface area contributed by atoms with E-state index in [4.69, 9.17) is 0 Å². The minimum absolute atomic E-state index is 0.220. The summed E-state index contributed by atoms with van der Waals surface area (Å²) in [6, 6.07) is 2.90. The number of aromatic amines is 1. The van der Waals surface area contributed by atoms with E-state index < -0.39 is 0 Å². The number of thiol groups is 1. The molecule has 0 radical (unpaired) electrons. The van der Waals surface area contributed by atoms with Crippen LogP contribution >= 0.6 is 12.8 Å². The van der Waals surface area contributed by atoms with Crippen molar-refractivity contribution in [2.45, 2.75) is 0 Å². The molecular formula is C4H5N3OS. The van der Waals surface area contributed by atoms with E-state index in [2.05, 4.69) is 27.7 Å². The molecule has 0 atom stereocenters. The molecule has 1 aromatic heterocycles. The van der Waals surface area contributed by atoms with E-state index >= 15 is 0 Å². The van der Waals surface area contributed by atoms with Gasteiger partial charge in [-0.15, -0.1) is 0 Å². The molecule has 9 heavy (non-hydrogen) atoms. The smallest absolute Gasteiger partial charge is 0.264 e. The van der Waals surface area contributed by atoms with Crippen LogP contribution in [0, 0.1) is 0 Å². The van der Waals surface area contributed by atoms with Crippen LogP contribution in [0.5, 0.6) is 0 Å². The minimum Gasteiger partial charge on any atom is -0.316 e. The molecular weight excluding hydrogens is 138 g/mol. The van der Waals surface area contributed by atoms with Crippen LogP contribution in [0.4, 0.5) is 5.82 Å². The second kappa shape index (κ2) is 2.54. The summed E-state index contributed by atoms with van der Waals surface area (Å²) >= 11 is 3.71. The van der Waals surface area contributed by atoms with E-state index in [-0.39, 0.29) is 5.56 Å². The van der Waals surface area contributed by atoms with Crippen molar-refractivity contribution in [1.29, 1.82) is 0 Å². The van der Waals surface area contributed by atoms with Crippen molar-refractivity contribution in [2.75, 3.05) is 4.72 Å². The van der Waals surface area contributed by atoms with Gasteiger partial charge in [0.05, 0.1) is 0 Å². The van der Waals surface area contributed by atoms with Crippen molar-refractivity contribution in [3.63, 3.8) is 0 Å². The predicted molar refractivity (Wildman–Crippen MR) is 37.5 cm³/mol. The number of aromatic nitrogens is 2. The molecule has 1 rings (SSSR count). The van der Waals surface area contributed by atoms with Crippen LogP contribution in [0.2, 0.25) is 0 Å². The molecule has 0 spiro atoms. The summed E-state index contributed by atoms with van der Waals surface area (Å²) in [7, 11) is 0. The Morgan fingerprint density at radius 1 is 1.67 bits per heavy atom. The summed E-state index contributed by atoms with van der Waals surface area (Å²) in [5.41, 5.74) is -0.220.